The van der Waals surface area contributed by atoms with Crippen LogP contribution in [0.15, 0.2) is 57.6 Å². The number of hydrogen-bond donors (Lipinski definition) is 0. The van der Waals surface area contributed by atoms with Crippen LogP contribution >= 0.6 is 0 Å². The number of anilines is 1. The monoisotopic (exact) mass is 458 g/mol. The van der Waals surface area contributed by atoms with E-state index in [0.29, 0.717) is 42.6 Å². The molecule has 1 aliphatic carbocycles. The molecule has 0 bridgehead atoms. The van der Waals surface area contributed by atoms with Crippen LogP contribution in [0.25, 0.3) is 11.7 Å². The molecular weight excluding hydrogens is 428 g/mol. The van der Waals surface area contributed by atoms with Crippen molar-refractivity contribution in [3.8, 4) is 17.7 Å². The SMILES string of the molecule is CN(C(=O)C1CCN(c2oc(-c3ccco3)nc2C#N)CC1)C1CCC(c2ccccc2)CC1. The molecule has 1 aromatic carbocycles. The lowest BCUT2D eigenvalue weighted by Gasteiger charge is -2.38. The first-order valence-corrected chi connectivity index (χ1v) is 12.2. The second-order valence-electron chi connectivity index (χ2n) is 9.39. The zero-order valence-corrected chi connectivity index (χ0v) is 19.5. The number of furan rings is 1. The maximum Gasteiger partial charge on any atom is 0.266 e. The highest BCUT2D eigenvalue weighted by Gasteiger charge is 2.34. The third-order valence-electron chi connectivity index (χ3n) is 7.44. The van der Waals surface area contributed by atoms with E-state index in [1.807, 2.05) is 16.8 Å². The Morgan fingerprint density at radius 1 is 1.06 bits per heavy atom. The molecule has 176 valence electrons. The van der Waals surface area contributed by atoms with Crippen molar-refractivity contribution >= 4 is 11.8 Å². The van der Waals surface area contributed by atoms with Gasteiger partial charge in [-0.05, 0) is 62.1 Å². The number of carbonyl (C=O) groups is 1. The van der Waals surface area contributed by atoms with E-state index < -0.39 is 0 Å². The summed E-state index contributed by atoms with van der Waals surface area (Å²) in [6.07, 6.45) is 7.40. The Kier molecular flexibility index (Phi) is 6.39. The molecule has 1 saturated carbocycles. The van der Waals surface area contributed by atoms with Crippen molar-refractivity contribution in [1.82, 2.24) is 9.88 Å². The lowest BCUT2D eigenvalue weighted by atomic mass is 9.81. The summed E-state index contributed by atoms with van der Waals surface area (Å²) < 4.78 is 11.2. The number of carbonyl (C=O) groups excluding carboxylic acids is 1. The molecule has 0 unspecified atom stereocenters. The molecule has 7 heteroatoms. The van der Waals surface area contributed by atoms with Crippen LogP contribution in [0.3, 0.4) is 0 Å². The van der Waals surface area contributed by atoms with E-state index in [1.54, 1.807) is 18.4 Å². The average Bonchev–Trinajstić information content (AvgIpc) is 3.59. The largest absolute Gasteiger partial charge is 0.459 e. The van der Waals surface area contributed by atoms with Crippen LogP contribution in [-0.4, -0.2) is 42.0 Å². The normalized spacial score (nSPS) is 21.2. The maximum atomic E-state index is 13.3. The van der Waals surface area contributed by atoms with E-state index in [-0.39, 0.29) is 17.5 Å². The summed E-state index contributed by atoms with van der Waals surface area (Å²) in [5, 5.41) is 9.52. The van der Waals surface area contributed by atoms with Crippen molar-refractivity contribution in [3.63, 3.8) is 0 Å². The van der Waals surface area contributed by atoms with E-state index in [1.165, 1.54) is 5.56 Å². The Morgan fingerprint density at radius 2 is 1.79 bits per heavy atom. The quantitative estimate of drug-likeness (QED) is 0.522. The van der Waals surface area contributed by atoms with Gasteiger partial charge in [-0.15, -0.1) is 0 Å². The first kappa shape index (κ1) is 22.3. The summed E-state index contributed by atoms with van der Waals surface area (Å²) in [4.78, 5) is 21.6. The summed E-state index contributed by atoms with van der Waals surface area (Å²) in [5.41, 5.74) is 1.67. The molecule has 1 saturated heterocycles. The number of aromatic nitrogens is 1. The van der Waals surface area contributed by atoms with Crippen molar-refractivity contribution in [2.75, 3.05) is 25.0 Å². The van der Waals surface area contributed by atoms with Gasteiger partial charge in [-0.2, -0.15) is 10.2 Å². The third kappa shape index (κ3) is 4.45. The molecular formula is C27H30N4O3. The number of nitrogens with zero attached hydrogens (tertiary/aromatic N) is 4. The Hall–Kier alpha value is -3.53. The van der Waals surface area contributed by atoms with Crippen molar-refractivity contribution in [2.45, 2.75) is 50.5 Å². The lowest BCUT2D eigenvalue weighted by molar-refractivity contribution is -0.137. The number of rotatable bonds is 5. The standard InChI is InChI=1S/C27H30N4O3/c1-30(22-11-9-20(10-12-22)19-6-3-2-4-7-19)26(32)21-13-15-31(16-14-21)27-23(18-28)29-25(34-27)24-8-5-17-33-24/h2-8,17,20-22H,9-16H2,1H3. The molecule has 0 spiro atoms. The molecule has 5 rings (SSSR count). The van der Waals surface area contributed by atoms with Crippen LogP contribution in [0.4, 0.5) is 5.88 Å². The fraction of sp³-hybridized carbons (Fsp3) is 0.444. The van der Waals surface area contributed by atoms with Gasteiger partial charge in [0.1, 0.15) is 6.07 Å². The molecule has 2 fully saturated rings. The molecule has 3 aromatic rings. The van der Waals surface area contributed by atoms with Crippen molar-refractivity contribution in [3.05, 3.63) is 60.0 Å². The summed E-state index contributed by atoms with van der Waals surface area (Å²) >= 11 is 0. The van der Waals surface area contributed by atoms with Gasteiger partial charge in [0.2, 0.25) is 17.5 Å². The van der Waals surface area contributed by atoms with Crippen LogP contribution in [0.1, 0.15) is 55.7 Å². The Labute approximate surface area is 200 Å². The molecule has 1 aliphatic heterocycles. The fourth-order valence-electron chi connectivity index (χ4n) is 5.42. The van der Waals surface area contributed by atoms with Crippen LogP contribution in [0, 0.1) is 17.2 Å². The number of oxazole rings is 1. The Bertz CT molecular complexity index is 1130. The summed E-state index contributed by atoms with van der Waals surface area (Å²) in [5.74, 6) is 2.12. The van der Waals surface area contributed by atoms with E-state index in [0.717, 1.165) is 38.5 Å². The maximum absolute atomic E-state index is 13.3. The van der Waals surface area contributed by atoms with Crippen LogP contribution in [-0.2, 0) is 4.79 Å². The molecule has 2 aromatic heterocycles. The number of nitriles is 1. The average molecular weight is 459 g/mol. The number of amides is 1. The van der Waals surface area contributed by atoms with Crippen LogP contribution < -0.4 is 4.90 Å². The molecule has 0 atom stereocenters. The zero-order valence-electron chi connectivity index (χ0n) is 19.5. The summed E-state index contributed by atoms with van der Waals surface area (Å²) in [7, 11) is 1.97. The molecule has 34 heavy (non-hydrogen) atoms. The van der Waals surface area contributed by atoms with E-state index in [4.69, 9.17) is 8.83 Å². The summed E-state index contributed by atoms with van der Waals surface area (Å²) in [6, 6.07) is 16.7. The Balaban J connectivity index is 1.16. The minimum Gasteiger partial charge on any atom is -0.459 e. The highest BCUT2D eigenvalue weighted by Crippen LogP contribution is 2.36. The zero-order chi connectivity index (χ0) is 23.5. The molecule has 0 N–H and O–H groups in total. The van der Waals surface area contributed by atoms with E-state index in [9.17, 15) is 10.1 Å². The molecule has 2 aliphatic rings. The van der Waals surface area contributed by atoms with Gasteiger partial charge in [0.15, 0.2) is 5.76 Å². The van der Waals surface area contributed by atoms with E-state index >= 15 is 0 Å². The smallest absolute Gasteiger partial charge is 0.266 e. The lowest BCUT2D eigenvalue weighted by Crippen LogP contribution is -2.45. The molecule has 1 amide bonds. The van der Waals surface area contributed by atoms with Gasteiger partial charge in [0, 0.05) is 32.1 Å². The first-order valence-electron chi connectivity index (χ1n) is 12.2. The van der Waals surface area contributed by atoms with Gasteiger partial charge in [0.05, 0.1) is 6.26 Å². The first-order chi connectivity index (χ1) is 16.6. The number of benzene rings is 1. The Morgan fingerprint density at radius 3 is 2.44 bits per heavy atom. The molecule has 7 nitrogen and oxygen atoms in total. The van der Waals surface area contributed by atoms with Crippen LogP contribution in [0.2, 0.25) is 0 Å². The highest BCUT2D eigenvalue weighted by molar-refractivity contribution is 5.79. The van der Waals surface area contributed by atoms with Crippen LogP contribution in [0.5, 0.6) is 0 Å². The van der Waals surface area contributed by atoms with Crippen molar-refractivity contribution < 1.29 is 13.6 Å². The van der Waals surface area contributed by atoms with Gasteiger partial charge < -0.3 is 18.6 Å². The fourth-order valence-corrected chi connectivity index (χ4v) is 5.42. The summed E-state index contributed by atoms with van der Waals surface area (Å²) in [6.45, 7) is 1.32. The van der Waals surface area contributed by atoms with Crippen molar-refractivity contribution in [2.24, 2.45) is 5.92 Å². The van der Waals surface area contributed by atoms with Gasteiger partial charge in [-0.25, -0.2) is 0 Å². The second-order valence-corrected chi connectivity index (χ2v) is 9.39. The second kappa shape index (κ2) is 9.76. The highest BCUT2D eigenvalue weighted by atomic mass is 16.4. The van der Waals surface area contributed by atoms with Gasteiger partial charge in [-0.1, -0.05) is 30.3 Å². The minimum atomic E-state index is 0.00565. The topological polar surface area (TPSA) is 86.5 Å². The minimum absolute atomic E-state index is 0.00565. The molecule has 0 radical (unpaired) electrons. The van der Waals surface area contributed by atoms with Gasteiger partial charge in [0.25, 0.3) is 5.89 Å². The van der Waals surface area contributed by atoms with Gasteiger partial charge >= 0.3 is 0 Å². The third-order valence-corrected chi connectivity index (χ3v) is 7.44. The van der Waals surface area contributed by atoms with Crippen molar-refractivity contribution in [1.29, 1.82) is 5.26 Å². The predicted octanol–water partition coefficient (Wildman–Crippen LogP) is 5.21. The number of hydrogen-bond acceptors (Lipinski definition) is 6. The van der Waals surface area contributed by atoms with Gasteiger partial charge in [-0.3, -0.25) is 4.79 Å². The number of piperidine rings is 1. The predicted molar refractivity (Wildman–Crippen MR) is 128 cm³/mol. The van der Waals surface area contributed by atoms with E-state index in [2.05, 4.69) is 41.4 Å². The molecule has 3 heterocycles.